The molecule has 126 valence electrons. The number of aromatic hydroxyl groups is 1. The molecule has 0 radical (unpaired) electrons. The summed E-state index contributed by atoms with van der Waals surface area (Å²) in [6.07, 6.45) is 3.19. The van der Waals surface area contributed by atoms with E-state index in [1.54, 1.807) is 30.3 Å². The smallest absolute Gasteiger partial charge is 0.194 e. The highest BCUT2D eigenvalue weighted by Gasteiger charge is 2.48. The van der Waals surface area contributed by atoms with E-state index in [1.165, 1.54) is 0 Å². The lowest BCUT2D eigenvalue weighted by Crippen LogP contribution is -2.45. The molecule has 1 heterocycles. The molecule has 1 unspecified atom stereocenters. The summed E-state index contributed by atoms with van der Waals surface area (Å²) < 4.78 is 26.4. The number of hydrogen-bond donors (Lipinski definition) is 2. The summed E-state index contributed by atoms with van der Waals surface area (Å²) in [5.41, 5.74) is 2.89. The van der Waals surface area contributed by atoms with E-state index in [9.17, 15) is 13.5 Å². The van der Waals surface area contributed by atoms with Gasteiger partial charge >= 0.3 is 0 Å². The minimum absolute atomic E-state index is 0.107. The number of phenolic OH excluding ortho intramolecular Hbond substituents is 1. The first-order valence-electron chi connectivity index (χ1n) is 8.27. The Kier molecular flexibility index (Phi) is 3.48. The summed E-state index contributed by atoms with van der Waals surface area (Å²) in [5.74, 6) is 0.187. The molecule has 1 spiro atoms. The summed E-state index contributed by atoms with van der Waals surface area (Å²) in [4.78, 5) is 0.361. The first-order chi connectivity index (χ1) is 11.4. The number of hydrogen-bond acceptors (Lipinski definition) is 4. The van der Waals surface area contributed by atoms with Crippen molar-refractivity contribution < 1.29 is 13.5 Å². The molecule has 4 nitrogen and oxygen atoms in total. The van der Waals surface area contributed by atoms with Gasteiger partial charge in [0, 0.05) is 12.0 Å². The van der Waals surface area contributed by atoms with Gasteiger partial charge < -0.3 is 5.11 Å². The van der Waals surface area contributed by atoms with Gasteiger partial charge in [0.25, 0.3) is 0 Å². The van der Waals surface area contributed by atoms with Crippen molar-refractivity contribution >= 4 is 9.84 Å². The molecule has 1 atom stereocenters. The number of phenols is 1. The van der Waals surface area contributed by atoms with E-state index in [2.05, 4.69) is 5.32 Å². The maximum Gasteiger partial charge on any atom is 0.194 e. The highest BCUT2D eigenvalue weighted by Crippen LogP contribution is 2.43. The fraction of sp³-hybridized carbons (Fsp3) is 0.368. The van der Waals surface area contributed by atoms with Crippen LogP contribution in [-0.2, 0) is 22.7 Å². The van der Waals surface area contributed by atoms with E-state index in [0.29, 0.717) is 11.3 Å². The van der Waals surface area contributed by atoms with Gasteiger partial charge in [-0.15, -0.1) is 0 Å². The molecule has 1 aliphatic carbocycles. The minimum Gasteiger partial charge on any atom is -0.508 e. The van der Waals surface area contributed by atoms with E-state index < -0.39 is 15.2 Å². The predicted molar refractivity (Wildman–Crippen MR) is 92.8 cm³/mol. The highest BCUT2D eigenvalue weighted by atomic mass is 32.2. The van der Waals surface area contributed by atoms with E-state index >= 15 is 0 Å². The normalized spacial score (nSPS) is 22.0. The van der Waals surface area contributed by atoms with Crippen molar-refractivity contribution in [1.29, 1.82) is 0 Å². The van der Waals surface area contributed by atoms with Gasteiger partial charge in [-0.05, 0) is 67.1 Å². The van der Waals surface area contributed by atoms with E-state index in [1.807, 2.05) is 19.1 Å². The van der Waals surface area contributed by atoms with Crippen molar-refractivity contribution in [3.63, 3.8) is 0 Å². The maximum absolute atomic E-state index is 13.2. The van der Waals surface area contributed by atoms with Crippen LogP contribution in [0.1, 0.15) is 29.5 Å². The number of benzene rings is 2. The van der Waals surface area contributed by atoms with Crippen molar-refractivity contribution in [2.24, 2.45) is 0 Å². The molecule has 2 aliphatic rings. The van der Waals surface area contributed by atoms with Crippen LogP contribution in [0.4, 0.5) is 0 Å². The molecule has 0 amide bonds. The van der Waals surface area contributed by atoms with Crippen LogP contribution in [0.15, 0.2) is 47.4 Å². The number of fused-ring (bicyclic) bond motifs is 1. The quantitative estimate of drug-likeness (QED) is 0.880. The fourth-order valence-corrected chi connectivity index (χ4v) is 5.35. The standard InChI is InChI=1S/C19H21NO3S/c1-13-3-2-4-17(9-13)24(22,23)18-11-15-10-16(21)6-5-14(15)12-19(20-18)7-8-19/h2-6,9-10,18,20-21H,7-8,11-12H2,1H3. The fourth-order valence-electron chi connectivity index (χ4n) is 3.60. The summed E-state index contributed by atoms with van der Waals surface area (Å²) in [5, 5.41) is 12.6. The van der Waals surface area contributed by atoms with Crippen LogP contribution in [0.2, 0.25) is 0 Å². The number of aryl methyl sites for hydroxylation is 1. The molecule has 2 N–H and O–H groups in total. The third-order valence-corrected chi connectivity index (χ3v) is 7.08. The summed E-state index contributed by atoms with van der Waals surface area (Å²) in [7, 11) is -3.49. The zero-order valence-electron chi connectivity index (χ0n) is 13.6. The molecule has 4 rings (SSSR count). The van der Waals surface area contributed by atoms with Crippen LogP contribution in [0.3, 0.4) is 0 Å². The molecule has 0 aromatic heterocycles. The van der Waals surface area contributed by atoms with E-state index in [4.69, 9.17) is 0 Å². The molecular formula is C19H21NO3S. The van der Waals surface area contributed by atoms with Crippen LogP contribution < -0.4 is 5.32 Å². The van der Waals surface area contributed by atoms with Crippen LogP contribution in [-0.4, -0.2) is 24.4 Å². The zero-order valence-corrected chi connectivity index (χ0v) is 14.4. The van der Waals surface area contributed by atoms with Crippen molar-refractivity contribution in [1.82, 2.24) is 5.32 Å². The van der Waals surface area contributed by atoms with E-state index in [-0.39, 0.29) is 11.3 Å². The second-order valence-electron chi connectivity index (χ2n) is 7.11. The summed E-state index contributed by atoms with van der Waals surface area (Å²) >= 11 is 0. The van der Waals surface area contributed by atoms with Gasteiger partial charge in [-0.1, -0.05) is 18.2 Å². The van der Waals surface area contributed by atoms with Gasteiger partial charge in [-0.25, -0.2) is 8.42 Å². The van der Waals surface area contributed by atoms with Gasteiger partial charge in [0.15, 0.2) is 9.84 Å². The highest BCUT2D eigenvalue weighted by molar-refractivity contribution is 7.92. The van der Waals surface area contributed by atoms with Crippen molar-refractivity contribution in [3.05, 3.63) is 59.2 Å². The lowest BCUT2D eigenvalue weighted by molar-refractivity contribution is 0.468. The molecule has 2 aromatic carbocycles. The minimum atomic E-state index is -3.49. The molecule has 0 saturated heterocycles. The van der Waals surface area contributed by atoms with Crippen molar-refractivity contribution in [2.45, 2.75) is 48.4 Å². The lowest BCUT2D eigenvalue weighted by Gasteiger charge is -2.22. The Balaban J connectivity index is 1.77. The number of rotatable bonds is 2. The molecule has 1 saturated carbocycles. The van der Waals surface area contributed by atoms with Crippen LogP contribution >= 0.6 is 0 Å². The van der Waals surface area contributed by atoms with Gasteiger partial charge in [-0.2, -0.15) is 0 Å². The first-order valence-corrected chi connectivity index (χ1v) is 9.82. The Hall–Kier alpha value is -1.85. The molecule has 0 bridgehead atoms. The Morgan fingerprint density at radius 1 is 1.12 bits per heavy atom. The number of sulfone groups is 1. The average Bonchev–Trinajstić information content (AvgIpc) is 3.31. The van der Waals surface area contributed by atoms with Crippen LogP contribution in [0.25, 0.3) is 0 Å². The second kappa shape index (κ2) is 5.33. The Labute approximate surface area is 142 Å². The summed E-state index contributed by atoms with van der Waals surface area (Å²) in [6, 6.07) is 12.4. The topological polar surface area (TPSA) is 66.4 Å². The van der Waals surface area contributed by atoms with Gasteiger partial charge in [0.1, 0.15) is 11.1 Å². The summed E-state index contributed by atoms with van der Waals surface area (Å²) in [6.45, 7) is 1.90. The average molecular weight is 343 g/mol. The van der Waals surface area contributed by atoms with E-state index in [0.717, 1.165) is 36.0 Å². The molecule has 24 heavy (non-hydrogen) atoms. The zero-order chi connectivity index (χ0) is 16.9. The third kappa shape index (κ3) is 2.72. The third-order valence-electron chi connectivity index (χ3n) is 5.14. The molecule has 5 heteroatoms. The SMILES string of the molecule is Cc1cccc(S(=O)(=O)C2Cc3cc(O)ccc3CC3(CC3)N2)c1. The molecule has 2 aromatic rings. The first kappa shape index (κ1) is 15.7. The van der Waals surface area contributed by atoms with Gasteiger partial charge in [0.05, 0.1) is 4.90 Å². The Bertz CT molecular complexity index is 901. The maximum atomic E-state index is 13.2. The van der Waals surface area contributed by atoms with Gasteiger partial charge in [-0.3, -0.25) is 5.32 Å². The predicted octanol–water partition coefficient (Wildman–Crippen LogP) is 2.72. The van der Waals surface area contributed by atoms with Gasteiger partial charge in [0.2, 0.25) is 0 Å². The molecule has 1 fully saturated rings. The monoisotopic (exact) mass is 343 g/mol. The van der Waals surface area contributed by atoms with Crippen LogP contribution in [0.5, 0.6) is 5.75 Å². The Morgan fingerprint density at radius 2 is 1.92 bits per heavy atom. The van der Waals surface area contributed by atoms with Crippen LogP contribution in [0, 0.1) is 6.92 Å². The largest absolute Gasteiger partial charge is 0.508 e. The number of nitrogens with one attached hydrogen (secondary N) is 1. The van der Waals surface area contributed by atoms with Crippen molar-refractivity contribution in [3.8, 4) is 5.75 Å². The second-order valence-corrected chi connectivity index (χ2v) is 9.24. The molecular weight excluding hydrogens is 322 g/mol. The Morgan fingerprint density at radius 3 is 2.62 bits per heavy atom. The van der Waals surface area contributed by atoms with Crippen molar-refractivity contribution in [2.75, 3.05) is 0 Å². The molecule has 1 aliphatic heterocycles. The lowest BCUT2D eigenvalue weighted by atomic mass is 9.99.